The van der Waals surface area contributed by atoms with E-state index in [1.54, 1.807) is 37.3 Å². The van der Waals surface area contributed by atoms with E-state index >= 15 is 0 Å². The summed E-state index contributed by atoms with van der Waals surface area (Å²) in [4.78, 5) is 46.8. The van der Waals surface area contributed by atoms with Crippen molar-refractivity contribution in [3.63, 3.8) is 0 Å². The van der Waals surface area contributed by atoms with Crippen molar-refractivity contribution in [2.75, 3.05) is 0 Å². The van der Waals surface area contributed by atoms with E-state index in [2.05, 4.69) is 10.6 Å². The molecule has 1 aromatic carbocycles. The summed E-state index contributed by atoms with van der Waals surface area (Å²) in [6.07, 6.45) is -0.0437. The molecule has 0 unspecified atom stereocenters. The molecule has 0 saturated heterocycles. The molecule has 0 spiro atoms. The molecule has 8 heteroatoms. The maximum absolute atomic E-state index is 12.5. The van der Waals surface area contributed by atoms with Gasteiger partial charge in [0.2, 0.25) is 5.91 Å². The fraction of sp³-hybridized carbons (Fsp3) is 0.444. The molecule has 0 saturated carbocycles. The number of nitrogens with one attached hydrogen (secondary N) is 2. The lowest BCUT2D eigenvalue weighted by atomic mass is 9.97. The first-order valence-corrected chi connectivity index (χ1v) is 8.37. The number of hydrogen-bond donors (Lipinski definition) is 4. The first kappa shape index (κ1) is 21.1. The van der Waals surface area contributed by atoms with Gasteiger partial charge >= 0.3 is 11.9 Å². The summed E-state index contributed by atoms with van der Waals surface area (Å²) < 4.78 is 0. The molecule has 1 aromatic rings. The molecule has 142 valence electrons. The van der Waals surface area contributed by atoms with Crippen LogP contribution < -0.4 is 10.6 Å². The van der Waals surface area contributed by atoms with Gasteiger partial charge in [-0.05, 0) is 24.5 Å². The maximum Gasteiger partial charge on any atom is 0.326 e. The van der Waals surface area contributed by atoms with Crippen LogP contribution in [0, 0.1) is 5.92 Å². The second kappa shape index (κ2) is 10.2. The summed E-state index contributed by atoms with van der Waals surface area (Å²) in [5.74, 6) is -3.81. The monoisotopic (exact) mass is 364 g/mol. The van der Waals surface area contributed by atoms with Gasteiger partial charge in [-0.25, -0.2) is 4.79 Å². The van der Waals surface area contributed by atoms with Gasteiger partial charge in [-0.1, -0.05) is 38.5 Å². The standard InChI is InChI=1S/C18H24N2O6/c1-3-11(2)15(20-16(23)12-7-5-4-6-8-12)17(24)19-13(18(25)26)9-10-14(21)22/h4-8,11,13,15H,3,9-10H2,1-2H3,(H,19,24)(H,20,23)(H,21,22)(H,25,26)/t11-,13-,15-/m0/s1. The average Bonchev–Trinajstić information content (AvgIpc) is 2.62. The largest absolute Gasteiger partial charge is 0.481 e. The zero-order valence-corrected chi connectivity index (χ0v) is 14.8. The number of amides is 2. The Kier molecular flexibility index (Phi) is 8.27. The number of carboxylic acids is 2. The Labute approximate surface area is 151 Å². The molecule has 0 aliphatic carbocycles. The van der Waals surface area contributed by atoms with Crippen LogP contribution in [-0.2, 0) is 14.4 Å². The fourth-order valence-corrected chi connectivity index (χ4v) is 2.30. The van der Waals surface area contributed by atoms with Gasteiger partial charge in [-0.3, -0.25) is 14.4 Å². The molecular formula is C18H24N2O6. The number of benzene rings is 1. The lowest BCUT2D eigenvalue weighted by Gasteiger charge is -2.25. The van der Waals surface area contributed by atoms with E-state index in [9.17, 15) is 24.3 Å². The predicted molar refractivity (Wildman–Crippen MR) is 93.6 cm³/mol. The SMILES string of the molecule is CC[C@H](C)[C@H](NC(=O)c1ccccc1)C(=O)N[C@@H](CCC(=O)O)C(=O)O. The van der Waals surface area contributed by atoms with Gasteiger partial charge in [-0.15, -0.1) is 0 Å². The van der Waals surface area contributed by atoms with Crippen LogP contribution in [0.5, 0.6) is 0 Å². The van der Waals surface area contributed by atoms with Crippen molar-refractivity contribution in [2.24, 2.45) is 5.92 Å². The molecule has 26 heavy (non-hydrogen) atoms. The smallest absolute Gasteiger partial charge is 0.326 e. The van der Waals surface area contributed by atoms with Gasteiger partial charge < -0.3 is 20.8 Å². The van der Waals surface area contributed by atoms with E-state index in [0.29, 0.717) is 12.0 Å². The molecule has 0 heterocycles. The average molecular weight is 364 g/mol. The highest BCUT2D eigenvalue weighted by Crippen LogP contribution is 2.11. The van der Waals surface area contributed by atoms with E-state index in [1.165, 1.54) is 0 Å². The number of carboxylic acid groups (broad SMARTS) is 2. The second-order valence-corrected chi connectivity index (χ2v) is 6.03. The summed E-state index contributed by atoms with van der Waals surface area (Å²) >= 11 is 0. The Bertz CT molecular complexity index is 646. The topological polar surface area (TPSA) is 133 Å². The molecule has 2 amide bonds. The highest BCUT2D eigenvalue weighted by Gasteiger charge is 2.30. The van der Waals surface area contributed by atoms with E-state index in [4.69, 9.17) is 5.11 Å². The summed E-state index contributed by atoms with van der Waals surface area (Å²) in [6.45, 7) is 3.61. The molecule has 3 atom stereocenters. The van der Waals surface area contributed by atoms with Crippen LogP contribution in [0.4, 0.5) is 0 Å². The molecule has 0 aliphatic heterocycles. The zero-order valence-electron chi connectivity index (χ0n) is 14.8. The third-order valence-electron chi connectivity index (χ3n) is 4.08. The fourth-order valence-electron chi connectivity index (χ4n) is 2.30. The molecule has 0 aliphatic rings. The minimum Gasteiger partial charge on any atom is -0.481 e. The normalized spacial score (nSPS) is 13.9. The lowest BCUT2D eigenvalue weighted by Crippen LogP contribution is -2.54. The number of aliphatic carboxylic acids is 2. The van der Waals surface area contributed by atoms with Gasteiger partial charge in [0.25, 0.3) is 5.91 Å². The van der Waals surface area contributed by atoms with Crippen LogP contribution in [0.3, 0.4) is 0 Å². The Balaban J connectivity index is 2.86. The molecular weight excluding hydrogens is 340 g/mol. The molecule has 0 fully saturated rings. The number of rotatable bonds is 10. The van der Waals surface area contributed by atoms with Crippen LogP contribution in [0.25, 0.3) is 0 Å². The van der Waals surface area contributed by atoms with Crippen LogP contribution in [0.2, 0.25) is 0 Å². The highest BCUT2D eigenvalue weighted by molar-refractivity contribution is 5.98. The summed E-state index contributed by atoms with van der Waals surface area (Å²) in [5, 5.41) is 22.8. The van der Waals surface area contributed by atoms with E-state index in [1.807, 2.05) is 6.92 Å². The maximum atomic E-state index is 12.5. The van der Waals surface area contributed by atoms with Crippen molar-refractivity contribution in [3.05, 3.63) is 35.9 Å². The minimum atomic E-state index is -1.33. The van der Waals surface area contributed by atoms with Crippen molar-refractivity contribution < 1.29 is 29.4 Å². The Morgan fingerprint density at radius 3 is 2.15 bits per heavy atom. The van der Waals surface area contributed by atoms with Crippen molar-refractivity contribution in [2.45, 2.75) is 45.2 Å². The third kappa shape index (κ3) is 6.54. The van der Waals surface area contributed by atoms with Gasteiger partial charge in [0.15, 0.2) is 0 Å². The first-order chi connectivity index (χ1) is 12.3. The number of carbonyl (C=O) groups excluding carboxylic acids is 2. The Hall–Kier alpha value is -2.90. The van der Waals surface area contributed by atoms with E-state index in [-0.39, 0.29) is 18.8 Å². The summed E-state index contributed by atoms with van der Waals surface area (Å²) in [6, 6.07) is 6.09. The Morgan fingerprint density at radius 1 is 1.04 bits per heavy atom. The highest BCUT2D eigenvalue weighted by atomic mass is 16.4. The molecule has 0 aromatic heterocycles. The summed E-state index contributed by atoms with van der Waals surface area (Å²) in [7, 11) is 0. The predicted octanol–water partition coefficient (Wildman–Crippen LogP) is 1.27. The second-order valence-electron chi connectivity index (χ2n) is 6.03. The minimum absolute atomic E-state index is 0.239. The van der Waals surface area contributed by atoms with Gasteiger partial charge in [0, 0.05) is 12.0 Å². The van der Waals surface area contributed by atoms with Crippen LogP contribution in [0.15, 0.2) is 30.3 Å². The molecule has 0 radical (unpaired) electrons. The van der Waals surface area contributed by atoms with Gasteiger partial charge in [0.05, 0.1) is 0 Å². The zero-order chi connectivity index (χ0) is 19.7. The quantitative estimate of drug-likeness (QED) is 0.494. The molecule has 4 N–H and O–H groups in total. The molecule has 0 bridgehead atoms. The number of hydrogen-bond acceptors (Lipinski definition) is 4. The van der Waals surface area contributed by atoms with Crippen molar-refractivity contribution in [1.29, 1.82) is 0 Å². The molecule has 1 rings (SSSR count). The van der Waals surface area contributed by atoms with Crippen molar-refractivity contribution >= 4 is 23.8 Å². The van der Waals surface area contributed by atoms with Crippen LogP contribution >= 0.6 is 0 Å². The van der Waals surface area contributed by atoms with E-state index < -0.39 is 35.8 Å². The van der Waals surface area contributed by atoms with Crippen LogP contribution in [-0.4, -0.2) is 46.0 Å². The van der Waals surface area contributed by atoms with Crippen LogP contribution in [0.1, 0.15) is 43.5 Å². The van der Waals surface area contributed by atoms with Gasteiger partial charge in [0.1, 0.15) is 12.1 Å². The van der Waals surface area contributed by atoms with Crippen molar-refractivity contribution in [3.8, 4) is 0 Å². The third-order valence-corrected chi connectivity index (χ3v) is 4.08. The lowest BCUT2D eigenvalue weighted by molar-refractivity contribution is -0.143. The van der Waals surface area contributed by atoms with Crippen molar-refractivity contribution in [1.82, 2.24) is 10.6 Å². The first-order valence-electron chi connectivity index (χ1n) is 8.37. The Morgan fingerprint density at radius 2 is 1.65 bits per heavy atom. The number of carbonyl (C=O) groups is 4. The summed E-state index contributed by atoms with van der Waals surface area (Å²) in [5.41, 5.74) is 0.384. The van der Waals surface area contributed by atoms with E-state index in [0.717, 1.165) is 0 Å². The van der Waals surface area contributed by atoms with Gasteiger partial charge in [-0.2, -0.15) is 0 Å². The molecule has 8 nitrogen and oxygen atoms in total.